The number of amides is 1. The van der Waals surface area contributed by atoms with E-state index in [-0.39, 0.29) is 16.8 Å². The maximum absolute atomic E-state index is 12.9. The first-order valence-corrected chi connectivity index (χ1v) is 10.4. The van der Waals surface area contributed by atoms with Gasteiger partial charge >= 0.3 is 0 Å². The first-order valence-electron chi connectivity index (χ1n) is 8.89. The summed E-state index contributed by atoms with van der Waals surface area (Å²) in [4.78, 5) is 12.6. The molecule has 6 nitrogen and oxygen atoms in total. The second-order valence-corrected chi connectivity index (χ2v) is 8.54. The molecular weight excluding hydrogens is 364 g/mol. The highest BCUT2D eigenvalue weighted by Gasteiger charge is 2.29. The van der Waals surface area contributed by atoms with Gasteiger partial charge in [-0.15, -0.1) is 0 Å². The molecule has 0 heterocycles. The molecule has 27 heavy (non-hydrogen) atoms. The van der Waals surface area contributed by atoms with Crippen molar-refractivity contribution in [3.63, 3.8) is 0 Å². The number of carbonyl (C=O) groups excluding carboxylic acids is 1. The Morgan fingerprint density at radius 3 is 2.56 bits per heavy atom. The van der Waals surface area contributed by atoms with Crippen LogP contribution in [0.4, 0.5) is 5.69 Å². The van der Waals surface area contributed by atoms with Crippen molar-refractivity contribution in [3.05, 3.63) is 53.6 Å². The standard InChI is InChI=1S/C20H24N2O4S/c1-13-8-9-16(20(23)21-14(2)15-10-11-15)12-19(13)27(24,25)22-17-6-4-5-7-18(17)26-3/h4-9,12,14-15,22H,10-11H2,1-3H3,(H,21,23)/t14-/m1/s1. The topological polar surface area (TPSA) is 84.5 Å². The highest BCUT2D eigenvalue weighted by Crippen LogP contribution is 2.32. The minimum absolute atomic E-state index is 0.0696. The van der Waals surface area contributed by atoms with Gasteiger partial charge in [-0.05, 0) is 62.4 Å². The molecule has 2 aromatic rings. The number of aryl methyl sites for hydroxylation is 1. The molecule has 0 aliphatic heterocycles. The van der Waals surface area contributed by atoms with Crippen LogP contribution in [0, 0.1) is 12.8 Å². The van der Waals surface area contributed by atoms with E-state index in [9.17, 15) is 13.2 Å². The molecule has 2 aromatic carbocycles. The molecule has 3 rings (SSSR count). The Labute approximate surface area is 160 Å². The van der Waals surface area contributed by atoms with Crippen LogP contribution in [-0.2, 0) is 10.0 Å². The van der Waals surface area contributed by atoms with Crippen LogP contribution in [-0.4, -0.2) is 27.5 Å². The number of ether oxygens (including phenoxy) is 1. The number of benzene rings is 2. The van der Waals surface area contributed by atoms with Crippen molar-refractivity contribution in [2.75, 3.05) is 11.8 Å². The Hall–Kier alpha value is -2.54. The lowest BCUT2D eigenvalue weighted by atomic mass is 10.1. The number of para-hydroxylation sites is 2. The summed E-state index contributed by atoms with van der Waals surface area (Å²) in [5, 5.41) is 2.95. The molecule has 1 fully saturated rings. The average Bonchev–Trinajstić information content (AvgIpc) is 3.47. The summed E-state index contributed by atoms with van der Waals surface area (Å²) in [6.45, 7) is 3.68. The average molecular weight is 388 g/mol. The summed E-state index contributed by atoms with van der Waals surface area (Å²) in [6.07, 6.45) is 2.25. The lowest BCUT2D eigenvalue weighted by Crippen LogP contribution is -2.34. The van der Waals surface area contributed by atoms with Crippen molar-refractivity contribution in [2.45, 2.75) is 37.6 Å². The molecule has 1 aliphatic carbocycles. The van der Waals surface area contributed by atoms with Crippen molar-refractivity contribution in [3.8, 4) is 5.75 Å². The van der Waals surface area contributed by atoms with Crippen molar-refractivity contribution in [2.24, 2.45) is 5.92 Å². The van der Waals surface area contributed by atoms with Crippen LogP contribution in [0.3, 0.4) is 0 Å². The molecule has 1 saturated carbocycles. The molecule has 7 heteroatoms. The van der Waals surface area contributed by atoms with Crippen LogP contribution in [0.1, 0.15) is 35.7 Å². The van der Waals surface area contributed by atoms with Gasteiger partial charge in [-0.3, -0.25) is 9.52 Å². The molecular formula is C20H24N2O4S. The number of hydrogen-bond acceptors (Lipinski definition) is 4. The Balaban J connectivity index is 1.87. The van der Waals surface area contributed by atoms with Gasteiger partial charge in [-0.2, -0.15) is 0 Å². The smallest absolute Gasteiger partial charge is 0.262 e. The SMILES string of the molecule is COc1ccccc1NS(=O)(=O)c1cc(C(=O)N[C@H](C)C2CC2)ccc1C. The zero-order chi connectivity index (χ0) is 19.6. The third-order valence-corrected chi connectivity index (χ3v) is 6.29. The highest BCUT2D eigenvalue weighted by molar-refractivity contribution is 7.92. The van der Waals surface area contributed by atoms with Crippen LogP contribution in [0.25, 0.3) is 0 Å². The fourth-order valence-corrected chi connectivity index (χ4v) is 4.31. The molecule has 1 aliphatic rings. The van der Waals surface area contributed by atoms with Crippen molar-refractivity contribution in [1.29, 1.82) is 0 Å². The fraction of sp³-hybridized carbons (Fsp3) is 0.350. The molecule has 2 N–H and O–H groups in total. The molecule has 0 spiro atoms. The summed E-state index contributed by atoms with van der Waals surface area (Å²) in [5.74, 6) is 0.684. The minimum atomic E-state index is -3.88. The largest absolute Gasteiger partial charge is 0.495 e. The molecule has 144 valence electrons. The maximum Gasteiger partial charge on any atom is 0.262 e. The normalized spacial score (nSPS) is 15.1. The van der Waals surface area contributed by atoms with Gasteiger partial charge in [-0.1, -0.05) is 18.2 Å². The van der Waals surface area contributed by atoms with Crippen LogP contribution >= 0.6 is 0 Å². The quantitative estimate of drug-likeness (QED) is 0.762. The lowest BCUT2D eigenvalue weighted by molar-refractivity contribution is 0.0935. The Kier molecular flexibility index (Phi) is 5.41. The Bertz CT molecular complexity index is 952. The Morgan fingerprint density at radius 1 is 1.19 bits per heavy atom. The van der Waals surface area contributed by atoms with Gasteiger partial charge in [0, 0.05) is 11.6 Å². The van der Waals surface area contributed by atoms with Crippen molar-refractivity contribution >= 4 is 21.6 Å². The number of methoxy groups -OCH3 is 1. The second-order valence-electron chi connectivity index (χ2n) is 6.89. The van der Waals surface area contributed by atoms with Gasteiger partial charge in [0.25, 0.3) is 15.9 Å². The van der Waals surface area contributed by atoms with E-state index in [4.69, 9.17) is 4.74 Å². The summed E-state index contributed by atoms with van der Waals surface area (Å²) in [7, 11) is -2.40. The van der Waals surface area contributed by atoms with E-state index in [0.29, 0.717) is 28.5 Å². The summed E-state index contributed by atoms with van der Waals surface area (Å²) in [6, 6.07) is 11.6. The fourth-order valence-electron chi connectivity index (χ4n) is 2.96. The molecule has 0 aromatic heterocycles. The van der Waals surface area contributed by atoms with Gasteiger partial charge in [0.1, 0.15) is 5.75 Å². The van der Waals surface area contributed by atoms with Crippen LogP contribution in [0.5, 0.6) is 5.75 Å². The van der Waals surface area contributed by atoms with E-state index in [1.807, 2.05) is 6.92 Å². The first kappa shape index (κ1) is 19.2. The molecule has 1 atom stereocenters. The number of rotatable bonds is 7. The van der Waals surface area contributed by atoms with Gasteiger partial charge in [0.2, 0.25) is 0 Å². The zero-order valence-corrected chi connectivity index (χ0v) is 16.5. The van der Waals surface area contributed by atoms with E-state index in [1.54, 1.807) is 43.3 Å². The predicted molar refractivity (Wildman–Crippen MR) is 105 cm³/mol. The van der Waals surface area contributed by atoms with Crippen LogP contribution < -0.4 is 14.8 Å². The molecule has 0 bridgehead atoms. The number of carbonyl (C=O) groups is 1. The summed E-state index contributed by atoms with van der Waals surface area (Å²) >= 11 is 0. The van der Waals surface area contributed by atoms with Gasteiger partial charge in [0.15, 0.2) is 0 Å². The number of sulfonamides is 1. The number of anilines is 1. The second kappa shape index (κ2) is 7.60. The third kappa shape index (κ3) is 4.42. The van der Waals surface area contributed by atoms with E-state index in [1.165, 1.54) is 13.2 Å². The van der Waals surface area contributed by atoms with E-state index >= 15 is 0 Å². The van der Waals surface area contributed by atoms with E-state index in [0.717, 1.165) is 12.8 Å². The van der Waals surface area contributed by atoms with E-state index < -0.39 is 10.0 Å². The summed E-state index contributed by atoms with van der Waals surface area (Å²) < 4.78 is 33.6. The Morgan fingerprint density at radius 2 is 1.89 bits per heavy atom. The predicted octanol–water partition coefficient (Wildman–Crippen LogP) is 3.33. The number of nitrogens with one attached hydrogen (secondary N) is 2. The van der Waals surface area contributed by atoms with Crippen LogP contribution in [0.15, 0.2) is 47.4 Å². The first-order chi connectivity index (χ1) is 12.8. The monoisotopic (exact) mass is 388 g/mol. The molecule has 0 unspecified atom stereocenters. The lowest BCUT2D eigenvalue weighted by Gasteiger charge is -2.15. The van der Waals surface area contributed by atoms with Crippen molar-refractivity contribution in [1.82, 2.24) is 5.32 Å². The summed E-state index contributed by atoms with van der Waals surface area (Å²) in [5.41, 5.74) is 1.23. The molecule has 0 saturated heterocycles. The minimum Gasteiger partial charge on any atom is -0.495 e. The van der Waals surface area contributed by atoms with Crippen molar-refractivity contribution < 1.29 is 17.9 Å². The van der Waals surface area contributed by atoms with Crippen LogP contribution in [0.2, 0.25) is 0 Å². The number of hydrogen-bond donors (Lipinski definition) is 2. The van der Waals surface area contributed by atoms with Gasteiger partial charge in [0.05, 0.1) is 17.7 Å². The molecule has 0 radical (unpaired) electrons. The zero-order valence-electron chi connectivity index (χ0n) is 15.7. The van der Waals surface area contributed by atoms with Gasteiger partial charge < -0.3 is 10.1 Å². The highest BCUT2D eigenvalue weighted by atomic mass is 32.2. The molecule has 1 amide bonds. The van der Waals surface area contributed by atoms with Gasteiger partial charge in [-0.25, -0.2) is 8.42 Å². The van der Waals surface area contributed by atoms with E-state index in [2.05, 4.69) is 10.0 Å². The maximum atomic E-state index is 12.9. The third-order valence-electron chi connectivity index (χ3n) is 4.78.